The lowest BCUT2D eigenvalue weighted by Crippen LogP contribution is -2.41. The van der Waals surface area contributed by atoms with E-state index >= 15 is 0 Å². The van der Waals surface area contributed by atoms with Gasteiger partial charge in [-0.3, -0.25) is 14.4 Å². The molecule has 1 fully saturated rings. The maximum absolute atomic E-state index is 12.7. The van der Waals surface area contributed by atoms with E-state index < -0.39 is 29.6 Å². The van der Waals surface area contributed by atoms with E-state index in [1.807, 2.05) is 12.2 Å². The van der Waals surface area contributed by atoms with Gasteiger partial charge >= 0.3 is 0 Å². The summed E-state index contributed by atoms with van der Waals surface area (Å²) < 4.78 is 0. The number of amides is 2. The monoisotopic (exact) mass is 464 g/mol. The van der Waals surface area contributed by atoms with Crippen LogP contribution in [0.4, 0.5) is 0 Å². The molecule has 6 atom stereocenters. The zero-order valence-corrected chi connectivity index (χ0v) is 19.2. The number of allylic oxidation sites excluding steroid dienone is 8. The van der Waals surface area contributed by atoms with Crippen LogP contribution in [0.15, 0.2) is 72.1 Å². The molecule has 0 aromatic heterocycles. The average molecular weight is 465 g/mol. The number of ketones is 1. The number of carbonyl (C=O) groups is 3. The molecule has 0 spiro atoms. The van der Waals surface area contributed by atoms with Gasteiger partial charge in [-0.1, -0.05) is 54.7 Å². The Morgan fingerprint density at radius 1 is 1.06 bits per heavy atom. The van der Waals surface area contributed by atoms with Crippen molar-refractivity contribution in [3.63, 3.8) is 0 Å². The molecule has 2 heterocycles. The Labute approximate surface area is 199 Å². The van der Waals surface area contributed by atoms with Gasteiger partial charge in [0.15, 0.2) is 5.78 Å². The lowest BCUT2D eigenvalue weighted by Gasteiger charge is -2.19. The molecule has 4 N–H and O–H groups in total. The highest BCUT2D eigenvalue weighted by Crippen LogP contribution is 2.51. The van der Waals surface area contributed by atoms with Gasteiger partial charge in [0.1, 0.15) is 17.4 Å². The number of aliphatic hydroxyl groups excluding tert-OH is 2. The van der Waals surface area contributed by atoms with Gasteiger partial charge in [-0.15, -0.1) is 0 Å². The zero-order chi connectivity index (χ0) is 24.2. The van der Waals surface area contributed by atoms with E-state index in [9.17, 15) is 24.6 Å². The van der Waals surface area contributed by atoms with Crippen LogP contribution in [0.3, 0.4) is 0 Å². The fourth-order valence-electron chi connectivity index (χ4n) is 5.53. The first-order valence-electron chi connectivity index (χ1n) is 12.0. The van der Waals surface area contributed by atoms with Crippen molar-refractivity contribution in [3.05, 3.63) is 72.1 Å². The summed E-state index contributed by atoms with van der Waals surface area (Å²) >= 11 is 0. The summed E-state index contributed by atoms with van der Waals surface area (Å²) in [5, 5.41) is 26.0. The van der Waals surface area contributed by atoms with Crippen molar-refractivity contribution in [2.24, 2.45) is 23.7 Å². The predicted octanol–water partition coefficient (Wildman–Crippen LogP) is 2.58. The standard InChI is InChI=1S/C27H32N2O5/c1-16-11-12-19-18-8-3-2-4-10-23(32)28-14-13-22(31)25-26(33)24(27(34)29-25)21(30)9-6-5-7-17(18)15-20(16)19/h2-5,7,10-12,17-20,22,25,31,33H,1,6,8-9,13-15H2,(H,28,32)(H,29,34)/b3-2-,7-5+,10-4+/t17-,18+,19-,20-,22-,25+/m1/s1. The summed E-state index contributed by atoms with van der Waals surface area (Å²) in [6.45, 7) is 4.35. The number of aliphatic hydroxyl groups is 2. The summed E-state index contributed by atoms with van der Waals surface area (Å²) in [5.74, 6) is -0.214. The third kappa shape index (κ3) is 4.99. The Hall–Kier alpha value is -3.19. The topological polar surface area (TPSA) is 116 Å². The van der Waals surface area contributed by atoms with Gasteiger partial charge in [0, 0.05) is 19.0 Å². The molecule has 4 rings (SSSR count). The van der Waals surface area contributed by atoms with Crippen molar-refractivity contribution in [2.45, 2.75) is 44.2 Å². The molecule has 0 saturated heterocycles. The molecule has 0 aromatic rings. The molecule has 1 saturated carbocycles. The minimum absolute atomic E-state index is 0.101. The van der Waals surface area contributed by atoms with E-state index in [4.69, 9.17) is 0 Å². The van der Waals surface area contributed by atoms with Gasteiger partial charge in [0.2, 0.25) is 5.91 Å². The van der Waals surface area contributed by atoms with Crippen LogP contribution in [0.5, 0.6) is 0 Å². The van der Waals surface area contributed by atoms with Crippen molar-refractivity contribution >= 4 is 17.6 Å². The molecule has 2 bridgehead atoms. The van der Waals surface area contributed by atoms with E-state index in [-0.39, 0.29) is 30.9 Å². The number of nitrogens with one attached hydrogen (secondary N) is 2. The smallest absolute Gasteiger partial charge is 0.259 e. The van der Waals surface area contributed by atoms with E-state index in [2.05, 4.69) is 41.5 Å². The number of carbonyl (C=O) groups excluding carboxylic acids is 3. The van der Waals surface area contributed by atoms with Crippen LogP contribution in [0.2, 0.25) is 0 Å². The maximum atomic E-state index is 12.7. The Kier molecular flexibility index (Phi) is 7.32. The highest BCUT2D eigenvalue weighted by Gasteiger charge is 2.43. The average Bonchev–Trinajstić information content (AvgIpc) is 3.43. The quantitative estimate of drug-likeness (QED) is 0.325. The van der Waals surface area contributed by atoms with E-state index in [1.54, 1.807) is 6.08 Å². The molecule has 2 aliphatic heterocycles. The van der Waals surface area contributed by atoms with Gasteiger partial charge < -0.3 is 20.8 Å². The molecule has 180 valence electrons. The van der Waals surface area contributed by atoms with Crippen molar-refractivity contribution < 1.29 is 24.6 Å². The minimum Gasteiger partial charge on any atom is -0.509 e. The third-order valence-electron chi connectivity index (χ3n) is 7.34. The Balaban J connectivity index is 1.53. The van der Waals surface area contributed by atoms with E-state index in [0.29, 0.717) is 30.1 Å². The van der Waals surface area contributed by atoms with Crippen LogP contribution in [-0.4, -0.2) is 46.5 Å². The SMILES string of the molecule is C=C1C=C[C@@H]2[C@H]3C/C=C\C=C\C(=O)NCC[C@@H](O)[C@@H]4NC(=O)C(=C4O)C(=O)CC/C=C/[C@@H]3C[C@H]12. The second kappa shape index (κ2) is 10.4. The number of Topliss-reactive ketones (excluding diaryl/α,β-unsaturated/α-hetero) is 1. The Morgan fingerprint density at radius 2 is 1.88 bits per heavy atom. The Bertz CT molecular complexity index is 1020. The number of fused-ring (bicyclic) bond motifs is 4. The maximum Gasteiger partial charge on any atom is 0.259 e. The summed E-state index contributed by atoms with van der Waals surface area (Å²) in [5.41, 5.74) is 0.886. The summed E-state index contributed by atoms with van der Waals surface area (Å²) in [6.07, 6.45) is 17.1. The lowest BCUT2D eigenvalue weighted by atomic mass is 9.85. The van der Waals surface area contributed by atoms with E-state index in [1.165, 1.54) is 11.6 Å². The normalized spacial score (nSPS) is 37.6. The predicted molar refractivity (Wildman–Crippen MR) is 128 cm³/mol. The van der Waals surface area contributed by atoms with Gasteiger partial charge in [0.05, 0.1) is 6.10 Å². The molecular weight excluding hydrogens is 432 g/mol. The van der Waals surface area contributed by atoms with Gasteiger partial charge in [0.25, 0.3) is 5.91 Å². The van der Waals surface area contributed by atoms with Crippen LogP contribution in [0.25, 0.3) is 0 Å². The van der Waals surface area contributed by atoms with Gasteiger partial charge in [-0.05, 0) is 49.4 Å². The fraction of sp³-hybridized carbons (Fsp3) is 0.444. The molecule has 0 aromatic carbocycles. The van der Waals surface area contributed by atoms with E-state index in [0.717, 1.165) is 12.8 Å². The van der Waals surface area contributed by atoms with Crippen molar-refractivity contribution in [2.75, 3.05) is 6.54 Å². The highest BCUT2D eigenvalue weighted by atomic mass is 16.3. The van der Waals surface area contributed by atoms with Gasteiger partial charge in [-0.2, -0.15) is 0 Å². The number of rotatable bonds is 0. The molecule has 0 unspecified atom stereocenters. The molecule has 0 radical (unpaired) electrons. The number of hydrogen-bond donors (Lipinski definition) is 4. The van der Waals surface area contributed by atoms with Crippen LogP contribution < -0.4 is 10.6 Å². The van der Waals surface area contributed by atoms with Crippen LogP contribution in [0.1, 0.15) is 32.1 Å². The van der Waals surface area contributed by atoms with Crippen LogP contribution >= 0.6 is 0 Å². The largest absolute Gasteiger partial charge is 0.509 e. The molecule has 2 aliphatic carbocycles. The van der Waals surface area contributed by atoms with Crippen molar-refractivity contribution in [1.82, 2.24) is 10.6 Å². The van der Waals surface area contributed by atoms with Crippen molar-refractivity contribution in [1.29, 1.82) is 0 Å². The Morgan fingerprint density at radius 3 is 2.71 bits per heavy atom. The minimum atomic E-state index is -1.13. The first kappa shape index (κ1) is 24.0. The molecule has 34 heavy (non-hydrogen) atoms. The third-order valence-corrected chi connectivity index (χ3v) is 7.34. The van der Waals surface area contributed by atoms with Crippen LogP contribution in [0, 0.1) is 23.7 Å². The second-order valence-electron chi connectivity index (χ2n) is 9.45. The zero-order valence-electron chi connectivity index (χ0n) is 19.2. The highest BCUT2D eigenvalue weighted by molar-refractivity contribution is 6.21. The summed E-state index contributed by atoms with van der Waals surface area (Å²) in [7, 11) is 0. The first-order valence-corrected chi connectivity index (χ1v) is 12.0. The van der Waals surface area contributed by atoms with Crippen molar-refractivity contribution in [3.8, 4) is 0 Å². The first-order chi connectivity index (χ1) is 16.4. The molecule has 7 heteroatoms. The second-order valence-corrected chi connectivity index (χ2v) is 9.45. The molecule has 2 amide bonds. The summed E-state index contributed by atoms with van der Waals surface area (Å²) in [6, 6.07) is -1.05. The fourth-order valence-corrected chi connectivity index (χ4v) is 5.53. The molecular formula is C27H32N2O5. The van der Waals surface area contributed by atoms with Gasteiger partial charge in [-0.25, -0.2) is 0 Å². The number of hydrogen-bond acceptors (Lipinski definition) is 5. The molecule has 7 nitrogen and oxygen atoms in total. The molecule has 4 aliphatic rings. The lowest BCUT2D eigenvalue weighted by molar-refractivity contribution is -0.122. The van der Waals surface area contributed by atoms with Crippen LogP contribution in [-0.2, 0) is 14.4 Å². The summed E-state index contributed by atoms with van der Waals surface area (Å²) in [4.78, 5) is 37.0.